The maximum Gasteiger partial charge on any atom is 0.222 e. The highest BCUT2D eigenvalue weighted by atomic mass is 16.2. The molecule has 0 radical (unpaired) electrons. The molecule has 1 saturated carbocycles. The summed E-state index contributed by atoms with van der Waals surface area (Å²) < 4.78 is 0. The van der Waals surface area contributed by atoms with E-state index in [4.69, 9.17) is 5.73 Å². The standard InChI is InChI=1S/C11H22N2O/c1-3-9(8-12)7-11(14)13(2)10-5-4-6-10/h9-10H,3-8,12H2,1-2H3. The molecule has 1 aliphatic carbocycles. The van der Waals surface area contributed by atoms with E-state index >= 15 is 0 Å². The molecule has 1 fully saturated rings. The number of rotatable bonds is 5. The molecule has 0 bridgehead atoms. The highest BCUT2D eigenvalue weighted by Crippen LogP contribution is 2.24. The van der Waals surface area contributed by atoms with Gasteiger partial charge in [-0.2, -0.15) is 0 Å². The summed E-state index contributed by atoms with van der Waals surface area (Å²) in [7, 11) is 1.93. The van der Waals surface area contributed by atoms with Gasteiger partial charge >= 0.3 is 0 Å². The fraction of sp³-hybridized carbons (Fsp3) is 0.909. The number of hydrogen-bond acceptors (Lipinski definition) is 2. The van der Waals surface area contributed by atoms with Crippen molar-refractivity contribution in [2.45, 2.75) is 45.1 Å². The molecule has 14 heavy (non-hydrogen) atoms. The van der Waals surface area contributed by atoms with Crippen molar-refractivity contribution in [3.05, 3.63) is 0 Å². The molecule has 1 unspecified atom stereocenters. The fourth-order valence-electron chi connectivity index (χ4n) is 1.76. The summed E-state index contributed by atoms with van der Waals surface area (Å²) in [5.41, 5.74) is 5.58. The van der Waals surface area contributed by atoms with Crippen LogP contribution in [0, 0.1) is 5.92 Å². The molecule has 2 N–H and O–H groups in total. The van der Waals surface area contributed by atoms with Gasteiger partial charge in [0, 0.05) is 19.5 Å². The Balaban J connectivity index is 2.32. The van der Waals surface area contributed by atoms with Crippen molar-refractivity contribution < 1.29 is 4.79 Å². The van der Waals surface area contributed by atoms with E-state index in [0.717, 1.165) is 6.42 Å². The molecule has 1 aliphatic rings. The van der Waals surface area contributed by atoms with E-state index in [1.54, 1.807) is 0 Å². The Bertz CT molecular complexity index is 186. The first-order valence-corrected chi connectivity index (χ1v) is 5.64. The van der Waals surface area contributed by atoms with Crippen LogP contribution in [0.5, 0.6) is 0 Å². The third kappa shape index (κ3) is 2.71. The van der Waals surface area contributed by atoms with Crippen LogP contribution < -0.4 is 5.73 Å². The summed E-state index contributed by atoms with van der Waals surface area (Å²) in [5.74, 6) is 0.636. The lowest BCUT2D eigenvalue weighted by Gasteiger charge is -2.35. The van der Waals surface area contributed by atoms with Gasteiger partial charge in [-0.25, -0.2) is 0 Å². The molecule has 0 aromatic rings. The molecule has 1 atom stereocenters. The van der Waals surface area contributed by atoms with Crippen molar-refractivity contribution in [1.29, 1.82) is 0 Å². The zero-order chi connectivity index (χ0) is 10.6. The van der Waals surface area contributed by atoms with Crippen molar-refractivity contribution in [1.82, 2.24) is 4.90 Å². The highest BCUT2D eigenvalue weighted by Gasteiger charge is 2.26. The van der Waals surface area contributed by atoms with E-state index in [2.05, 4.69) is 6.92 Å². The van der Waals surface area contributed by atoms with Gasteiger partial charge < -0.3 is 10.6 Å². The number of nitrogens with two attached hydrogens (primary N) is 1. The molecular formula is C11H22N2O. The van der Waals surface area contributed by atoms with E-state index < -0.39 is 0 Å². The van der Waals surface area contributed by atoms with Crippen molar-refractivity contribution in [2.75, 3.05) is 13.6 Å². The summed E-state index contributed by atoms with van der Waals surface area (Å²) >= 11 is 0. The Morgan fingerprint density at radius 1 is 1.57 bits per heavy atom. The van der Waals surface area contributed by atoms with Crippen molar-refractivity contribution >= 4 is 5.91 Å². The van der Waals surface area contributed by atoms with Crippen LogP contribution in [0.25, 0.3) is 0 Å². The molecule has 0 saturated heterocycles. The minimum atomic E-state index is 0.270. The van der Waals surface area contributed by atoms with Gasteiger partial charge in [-0.1, -0.05) is 13.3 Å². The second-order valence-electron chi connectivity index (χ2n) is 4.30. The maximum absolute atomic E-state index is 11.8. The molecule has 82 valence electrons. The molecule has 0 aliphatic heterocycles. The van der Waals surface area contributed by atoms with Gasteiger partial charge in [0.15, 0.2) is 0 Å². The molecule has 0 aromatic heterocycles. The average molecular weight is 198 g/mol. The summed E-state index contributed by atoms with van der Waals surface area (Å²) in [6.45, 7) is 2.72. The van der Waals surface area contributed by atoms with Gasteiger partial charge in [-0.15, -0.1) is 0 Å². The lowest BCUT2D eigenvalue weighted by molar-refractivity contribution is -0.134. The Morgan fingerprint density at radius 2 is 2.21 bits per heavy atom. The fourth-order valence-corrected chi connectivity index (χ4v) is 1.76. The van der Waals surface area contributed by atoms with Crippen molar-refractivity contribution in [3.63, 3.8) is 0 Å². The van der Waals surface area contributed by atoms with Crippen LogP contribution in [0.3, 0.4) is 0 Å². The third-order valence-corrected chi connectivity index (χ3v) is 3.39. The van der Waals surface area contributed by atoms with Crippen LogP contribution in [-0.4, -0.2) is 30.4 Å². The molecule has 3 nitrogen and oxygen atoms in total. The number of nitrogens with zero attached hydrogens (tertiary/aromatic N) is 1. The van der Waals surface area contributed by atoms with Crippen LogP contribution in [0.1, 0.15) is 39.0 Å². The predicted molar refractivity (Wildman–Crippen MR) is 57.9 cm³/mol. The van der Waals surface area contributed by atoms with Crippen LogP contribution >= 0.6 is 0 Å². The number of hydrogen-bond donors (Lipinski definition) is 1. The van der Waals surface area contributed by atoms with Gasteiger partial charge in [0.1, 0.15) is 0 Å². The Hall–Kier alpha value is -0.570. The molecule has 0 aromatic carbocycles. The topological polar surface area (TPSA) is 46.3 Å². The third-order valence-electron chi connectivity index (χ3n) is 3.39. The van der Waals surface area contributed by atoms with Gasteiger partial charge in [-0.05, 0) is 31.7 Å². The molecule has 0 spiro atoms. The van der Waals surface area contributed by atoms with E-state index in [1.165, 1.54) is 19.3 Å². The highest BCUT2D eigenvalue weighted by molar-refractivity contribution is 5.76. The second kappa shape index (κ2) is 5.35. The largest absolute Gasteiger partial charge is 0.343 e. The quantitative estimate of drug-likeness (QED) is 0.725. The lowest BCUT2D eigenvalue weighted by Crippen LogP contribution is -2.42. The SMILES string of the molecule is CCC(CN)CC(=O)N(C)C1CCC1. The first kappa shape index (κ1) is 11.5. The molecule has 3 heteroatoms. The molecule has 0 heterocycles. The minimum Gasteiger partial charge on any atom is -0.343 e. The minimum absolute atomic E-state index is 0.270. The number of carbonyl (C=O) groups excluding carboxylic acids is 1. The molecule has 1 amide bonds. The van der Waals surface area contributed by atoms with Crippen LogP contribution in [0.15, 0.2) is 0 Å². The van der Waals surface area contributed by atoms with Gasteiger partial charge in [0.05, 0.1) is 0 Å². The Kier molecular flexibility index (Phi) is 4.39. The van der Waals surface area contributed by atoms with Gasteiger partial charge in [0.25, 0.3) is 0 Å². The Morgan fingerprint density at radius 3 is 2.57 bits per heavy atom. The second-order valence-corrected chi connectivity index (χ2v) is 4.30. The summed E-state index contributed by atoms with van der Waals surface area (Å²) in [4.78, 5) is 13.7. The normalized spacial score (nSPS) is 18.8. The summed E-state index contributed by atoms with van der Waals surface area (Å²) in [6.07, 6.45) is 5.26. The van der Waals surface area contributed by atoms with E-state index in [0.29, 0.717) is 24.9 Å². The van der Waals surface area contributed by atoms with E-state index in [9.17, 15) is 4.79 Å². The van der Waals surface area contributed by atoms with Crippen LogP contribution in [0.4, 0.5) is 0 Å². The first-order valence-electron chi connectivity index (χ1n) is 5.64. The summed E-state index contributed by atoms with van der Waals surface area (Å²) in [6, 6.07) is 0.512. The predicted octanol–water partition coefficient (Wildman–Crippen LogP) is 1.37. The molecule has 1 rings (SSSR count). The average Bonchev–Trinajstić information content (AvgIpc) is 2.10. The maximum atomic E-state index is 11.8. The van der Waals surface area contributed by atoms with Crippen LogP contribution in [0.2, 0.25) is 0 Å². The first-order chi connectivity index (χ1) is 6.69. The number of amides is 1. The Labute approximate surface area is 86.6 Å². The van der Waals surface area contributed by atoms with E-state index in [-0.39, 0.29) is 5.91 Å². The molecular weight excluding hydrogens is 176 g/mol. The monoisotopic (exact) mass is 198 g/mol. The summed E-state index contributed by atoms with van der Waals surface area (Å²) in [5, 5.41) is 0. The van der Waals surface area contributed by atoms with Gasteiger partial charge in [0.2, 0.25) is 5.91 Å². The van der Waals surface area contributed by atoms with Gasteiger partial charge in [-0.3, -0.25) is 4.79 Å². The van der Waals surface area contributed by atoms with Crippen LogP contribution in [-0.2, 0) is 4.79 Å². The lowest BCUT2D eigenvalue weighted by atomic mass is 9.91. The number of carbonyl (C=O) groups is 1. The van der Waals surface area contributed by atoms with Crippen molar-refractivity contribution in [3.8, 4) is 0 Å². The van der Waals surface area contributed by atoms with Crippen molar-refractivity contribution in [2.24, 2.45) is 11.7 Å². The zero-order valence-electron chi connectivity index (χ0n) is 9.33. The van der Waals surface area contributed by atoms with E-state index in [1.807, 2.05) is 11.9 Å². The zero-order valence-corrected chi connectivity index (χ0v) is 9.33. The smallest absolute Gasteiger partial charge is 0.222 e.